The molecule has 2 heterocycles. The molecule has 0 spiro atoms. The summed E-state index contributed by atoms with van der Waals surface area (Å²) in [6.07, 6.45) is 3.89. The average molecular weight is 393 g/mol. The van der Waals surface area contributed by atoms with E-state index in [4.69, 9.17) is 4.74 Å². The molecular formula is C21H32N2O3S. The smallest absolute Gasteiger partial charge is 0.235 e. The van der Waals surface area contributed by atoms with Crippen LogP contribution in [0.15, 0.2) is 30.2 Å². The number of nitrogens with zero attached hydrogens (tertiary/aromatic N) is 2. The molecule has 6 heteroatoms. The maximum absolute atomic E-state index is 11.9. The van der Waals surface area contributed by atoms with Gasteiger partial charge < -0.3 is 9.64 Å². The predicted molar refractivity (Wildman–Crippen MR) is 109 cm³/mol. The first-order chi connectivity index (χ1) is 12.9. The molecule has 0 aliphatic carbocycles. The third-order valence-electron chi connectivity index (χ3n) is 5.95. The molecule has 1 atom stereocenters. The minimum absolute atomic E-state index is 0.463. The summed E-state index contributed by atoms with van der Waals surface area (Å²) in [7, 11) is -3.27. The van der Waals surface area contributed by atoms with E-state index in [1.807, 2.05) is 0 Å². The van der Waals surface area contributed by atoms with Crippen LogP contribution in [0.1, 0.15) is 37.8 Å². The second-order valence-electron chi connectivity index (χ2n) is 7.74. The van der Waals surface area contributed by atoms with Crippen LogP contribution in [-0.4, -0.2) is 56.5 Å². The summed E-state index contributed by atoms with van der Waals surface area (Å²) in [6.45, 7) is 12.0. The Labute approximate surface area is 164 Å². The first kappa shape index (κ1) is 20.4. The third-order valence-corrected chi connectivity index (χ3v) is 7.46. The van der Waals surface area contributed by atoms with Gasteiger partial charge in [-0.05, 0) is 55.8 Å². The molecule has 2 aliphatic rings. The monoisotopic (exact) mass is 392 g/mol. The average Bonchev–Trinajstić information content (AvgIpc) is 3.14. The van der Waals surface area contributed by atoms with Crippen molar-refractivity contribution in [3.63, 3.8) is 0 Å². The number of fused-ring (bicyclic) bond motifs is 1. The normalized spacial score (nSPS) is 19.7. The van der Waals surface area contributed by atoms with Crippen molar-refractivity contribution in [1.29, 1.82) is 0 Å². The molecule has 0 unspecified atom stereocenters. The van der Waals surface area contributed by atoms with Gasteiger partial charge in [0.15, 0.2) is 0 Å². The summed E-state index contributed by atoms with van der Waals surface area (Å²) in [5, 5.41) is 1.06. The highest BCUT2D eigenvalue weighted by Gasteiger charge is 2.27. The van der Waals surface area contributed by atoms with Crippen molar-refractivity contribution in [1.82, 2.24) is 9.21 Å². The number of piperidine rings is 1. The van der Waals surface area contributed by atoms with Gasteiger partial charge in [-0.1, -0.05) is 25.6 Å². The Bertz CT molecular complexity index is 755. The predicted octanol–water partition coefficient (Wildman–Crippen LogP) is 3.06. The van der Waals surface area contributed by atoms with E-state index in [0.717, 1.165) is 56.5 Å². The quantitative estimate of drug-likeness (QED) is 0.682. The molecule has 0 amide bonds. The lowest BCUT2D eigenvalue weighted by Crippen LogP contribution is -2.43. The van der Waals surface area contributed by atoms with Crippen LogP contribution >= 0.6 is 0 Å². The second-order valence-corrected chi connectivity index (χ2v) is 9.61. The van der Waals surface area contributed by atoms with Crippen molar-refractivity contribution in [2.24, 2.45) is 5.92 Å². The van der Waals surface area contributed by atoms with E-state index in [1.165, 1.54) is 11.1 Å². The fourth-order valence-corrected chi connectivity index (χ4v) is 5.17. The highest BCUT2D eigenvalue weighted by atomic mass is 32.2. The lowest BCUT2D eigenvalue weighted by Gasteiger charge is -2.36. The maximum atomic E-state index is 11.9. The van der Waals surface area contributed by atoms with Crippen LogP contribution in [-0.2, 0) is 22.9 Å². The van der Waals surface area contributed by atoms with Crippen LogP contribution in [0.4, 0.5) is 0 Å². The van der Waals surface area contributed by atoms with Gasteiger partial charge in [-0.2, -0.15) is 4.31 Å². The first-order valence-corrected chi connectivity index (χ1v) is 11.5. The Morgan fingerprint density at radius 3 is 2.78 bits per heavy atom. The van der Waals surface area contributed by atoms with Gasteiger partial charge in [0.05, 0.1) is 6.61 Å². The summed E-state index contributed by atoms with van der Waals surface area (Å²) in [4.78, 5) is 2.53. The van der Waals surface area contributed by atoms with Gasteiger partial charge >= 0.3 is 0 Å². The molecule has 3 rings (SSSR count). The van der Waals surface area contributed by atoms with Crippen molar-refractivity contribution in [2.45, 2.75) is 45.6 Å². The van der Waals surface area contributed by atoms with Gasteiger partial charge in [-0.25, -0.2) is 8.42 Å². The Morgan fingerprint density at radius 2 is 2.11 bits per heavy atom. The first-order valence-electron chi connectivity index (χ1n) is 10.0. The number of ether oxygens (including phenoxy) is 1. The van der Waals surface area contributed by atoms with Gasteiger partial charge in [0.1, 0.15) is 5.75 Å². The van der Waals surface area contributed by atoms with E-state index in [0.29, 0.717) is 25.0 Å². The van der Waals surface area contributed by atoms with Crippen molar-refractivity contribution in [3.05, 3.63) is 41.3 Å². The summed E-state index contributed by atoms with van der Waals surface area (Å²) < 4.78 is 31.0. The molecule has 150 valence electrons. The molecule has 0 bridgehead atoms. The van der Waals surface area contributed by atoms with Gasteiger partial charge in [0, 0.05) is 37.5 Å². The van der Waals surface area contributed by atoms with E-state index in [-0.39, 0.29) is 0 Å². The Balaban J connectivity index is 1.53. The minimum Gasteiger partial charge on any atom is -0.493 e. The van der Waals surface area contributed by atoms with Crippen LogP contribution in [0.3, 0.4) is 0 Å². The van der Waals surface area contributed by atoms with Crippen LogP contribution in [0.25, 0.3) is 0 Å². The van der Waals surface area contributed by atoms with Crippen molar-refractivity contribution < 1.29 is 13.2 Å². The zero-order chi connectivity index (χ0) is 19.4. The molecule has 0 saturated carbocycles. The molecule has 1 saturated heterocycles. The Kier molecular flexibility index (Phi) is 6.61. The fraction of sp³-hybridized carbons (Fsp3) is 0.619. The largest absolute Gasteiger partial charge is 0.493 e. The summed E-state index contributed by atoms with van der Waals surface area (Å²) in [6, 6.07) is 7.06. The molecule has 1 aromatic carbocycles. The van der Waals surface area contributed by atoms with E-state index < -0.39 is 10.0 Å². The number of likely N-dealkylation sites (N-methyl/N-ethyl adjacent to an activating group) is 1. The highest BCUT2D eigenvalue weighted by molar-refractivity contribution is 7.92. The van der Waals surface area contributed by atoms with E-state index in [1.54, 1.807) is 4.31 Å². The Hall–Kier alpha value is -1.37. The summed E-state index contributed by atoms with van der Waals surface area (Å²) in [5.41, 5.74) is 2.70. The topological polar surface area (TPSA) is 49.9 Å². The van der Waals surface area contributed by atoms with E-state index >= 15 is 0 Å². The molecule has 27 heavy (non-hydrogen) atoms. The SMILES string of the molecule is C=CS(=O)(=O)N1CCC(CN(CC)[C@@H](C)Cc2ccc3c(c2)CCO3)CC1. The number of benzene rings is 1. The second kappa shape index (κ2) is 8.76. The van der Waals surface area contributed by atoms with E-state index in [2.05, 4.69) is 43.5 Å². The number of rotatable bonds is 8. The Morgan fingerprint density at radius 1 is 1.37 bits per heavy atom. The van der Waals surface area contributed by atoms with Gasteiger partial charge in [-0.3, -0.25) is 0 Å². The van der Waals surface area contributed by atoms with Crippen LogP contribution in [0, 0.1) is 5.92 Å². The van der Waals surface area contributed by atoms with Crippen molar-refractivity contribution in [2.75, 3.05) is 32.8 Å². The van der Waals surface area contributed by atoms with Gasteiger partial charge in [0.25, 0.3) is 0 Å². The van der Waals surface area contributed by atoms with E-state index in [9.17, 15) is 8.42 Å². The van der Waals surface area contributed by atoms with Crippen LogP contribution < -0.4 is 4.74 Å². The maximum Gasteiger partial charge on any atom is 0.235 e. The molecule has 5 nitrogen and oxygen atoms in total. The van der Waals surface area contributed by atoms with Crippen molar-refractivity contribution in [3.8, 4) is 5.75 Å². The molecule has 0 N–H and O–H groups in total. The lowest BCUT2D eigenvalue weighted by molar-refractivity contribution is 0.152. The minimum atomic E-state index is -3.27. The molecule has 0 radical (unpaired) electrons. The highest BCUT2D eigenvalue weighted by Crippen LogP contribution is 2.27. The van der Waals surface area contributed by atoms with Crippen LogP contribution in [0.2, 0.25) is 0 Å². The molecular weight excluding hydrogens is 360 g/mol. The van der Waals surface area contributed by atoms with Crippen LogP contribution in [0.5, 0.6) is 5.75 Å². The molecule has 1 aromatic rings. The number of hydrogen-bond acceptors (Lipinski definition) is 4. The molecule has 1 fully saturated rings. The fourth-order valence-electron chi connectivity index (χ4n) is 4.24. The molecule has 0 aromatic heterocycles. The zero-order valence-corrected chi connectivity index (χ0v) is 17.4. The number of sulfonamides is 1. The standard InChI is InChI=1S/C21H32N2O3S/c1-4-22(16-18-8-11-23(12-9-18)27(24,25)5-2)17(3)14-19-6-7-21-20(15-19)10-13-26-21/h5-7,15,17-18H,2,4,8-14,16H2,1,3H3/t17-/m0/s1. The lowest BCUT2D eigenvalue weighted by atomic mass is 9.96. The van der Waals surface area contributed by atoms with Gasteiger partial charge in [-0.15, -0.1) is 0 Å². The molecule has 2 aliphatic heterocycles. The van der Waals surface area contributed by atoms with Gasteiger partial charge in [0.2, 0.25) is 10.0 Å². The summed E-state index contributed by atoms with van der Waals surface area (Å²) in [5.74, 6) is 1.59. The summed E-state index contributed by atoms with van der Waals surface area (Å²) >= 11 is 0. The van der Waals surface area contributed by atoms with Crippen molar-refractivity contribution >= 4 is 10.0 Å². The number of hydrogen-bond donors (Lipinski definition) is 0. The zero-order valence-electron chi connectivity index (χ0n) is 16.6. The third kappa shape index (κ3) is 4.92.